The number of thiazole rings is 1. The van der Waals surface area contributed by atoms with E-state index >= 15 is 0 Å². The first-order valence-corrected chi connectivity index (χ1v) is 15.7. The zero-order valence-electron chi connectivity index (χ0n) is 21.5. The summed E-state index contributed by atoms with van der Waals surface area (Å²) in [7, 11) is -3.77. The van der Waals surface area contributed by atoms with Gasteiger partial charge in [-0.1, -0.05) is 41.1 Å². The van der Waals surface area contributed by atoms with Crippen LogP contribution in [0.3, 0.4) is 0 Å². The lowest BCUT2D eigenvalue weighted by molar-refractivity contribution is 0.0917. The van der Waals surface area contributed by atoms with Gasteiger partial charge in [-0.25, -0.2) is 13.4 Å². The van der Waals surface area contributed by atoms with Crippen molar-refractivity contribution in [2.45, 2.75) is 43.6 Å². The Morgan fingerprint density at radius 3 is 2.69 bits per heavy atom. The summed E-state index contributed by atoms with van der Waals surface area (Å²) in [6.45, 7) is 3.39. The van der Waals surface area contributed by atoms with Gasteiger partial charge in [0.05, 0.1) is 33.4 Å². The molecule has 0 radical (unpaired) electrons. The molecule has 10 heteroatoms. The van der Waals surface area contributed by atoms with Crippen LogP contribution < -0.4 is 9.21 Å². The van der Waals surface area contributed by atoms with Crippen LogP contribution in [0.5, 0.6) is 0 Å². The van der Waals surface area contributed by atoms with Crippen molar-refractivity contribution in [3.63, 3.8) is 0 Å². The van der Waals surface area contributed by atoms with E-state index in [4.69, 9.17) is 21.3 Å². The van der Waals surface area contributed by atoms with Crippen molar-refractivity contribution in [2.24, 2.45) is 0 Å². The standard InChI is InChI=1S/C29H28ClN3O4S2/c1-19-24(30)14-15-26-27(19)31-29(38-26)32(18-22-8-5-17-37-22)28(34)21-10-12-23(13-11-21)39(35,36)33-16-4-7-20-6-2-3-9-25(20)33/h2-3,6,9-15,22H,4-5,7-8,16-18H2,1H3. The average molecular weight is 582 g/mol. The largest absolute Gasteiger partial charge is 0.376 e. The Labute approximate surface area is 237 Å². The predicted octanol–water partition coefficient (Wildman–Crippen LogP) is 6.23. The smallest absolute Gasteiger partial charge is 0.264 e. The highest BCUT2D eigenvalue weighted by molar-refractivity contribution is 7.92. The quantitative estimate of drug-likeness (QED) is 0.270. The molecular formula is C29H28ClN3O4S2. The molecule has 0 bridgehead atoms. The second-order valence-corrected chi connectivity index (χ2v) is 13.2. The van der Waals surface area contributed by atoms with Crippen LogP contribution in [0, 0.1) is 6.92 Å². The third-order valence-corrected chi connectivity index (χ3v) is 10.7. The summed E-state index contributed by atoms with van der Waals surface area (Å²) in [5.41, 5.74) is 3.78. The van der Waals surface area contributed by atoms with Gasteiger partial charge in [0.2, 0.25) is 0 Å². The van der Waals surface area contributed by atoms with Crippen molar-refractivity contribution in [3.05, 3.63) is 82.4 Å². The van der Waals surface area contributed by atoms with Crippen LogP contribution in [0.4, 0.5) is 10.8 Å². The number of carbonyl (C=O) groups excluding carboxylic acids is 1. The summed E-state index contributed by atoms with van der Waals surface area (Å²) < 4.78 is 35.4. The molecule has 0 spiro atoms. The van der Waals surface area contributed by atoms with Crippen LogP contribution in [-0.4, -0.2) is 45.1 Å². The Kier molecular flexibility index (Phi) is 7.09. The maximum absolute atomic E-state index is 13.8. The third-order valence-electron chi connectivity index (χ3n) is 7.38. The minimum Gasteiger partial charge on any atom is -0.376 e. The summed E-state index contributed by atoms with van der Waals surface area (Å²) in [6, 6.07) is 17.6. The van der Waals surface area contributed by atoms with Gasteiger partial charge in [0.25, 0.3) is 15.9 Å². The van der Waals surface area contributed by atoms with E-state index in [1.807, 2.05) is 43.3 Å². The Morgan fingerprint density at radius 2 is 1.92 bits per heavy atom. The number of halogens is 1. The highest BCUT2D eigenvalue weighted by atomic mass is 35.5. The maximum Gasteiger partial charge on any atom is 0.264 e. The van der Waals surface area contributed by atoms with Gasteiger partial charge in [0, 0.05) is 23.7 Å². The van der Waals surface area contributed by atoms with Crippen molar-refractivity contribution in [1.29, 1.82) is 0 Å². The molecule has 202 valence electrons. The number of amides is 1. The molecule has 1 amide bonds. The molecule has 1 atom stereocenters. The Bertz CT molecular complexity index is 1650. The number of rotatable bonds is 6. The molecule has 0 N–H and O–H groups in total. The van der Waals surface area contributed by atoms with E-state index in [2.05, 4.69) is 0 Å². The van der Waals surface area contributed by atoms with E-state index < -0.39 is 10.0 Å². The van der Waals surface area contributed by atoms with E-state index in [-0.39, 0.29) is 16.9 Å². The van der Waals surface area contributed by atoms with Crippen LogP contribution in [-0.2, 0) is 21.2 Å². The third kappa shape index (κ3) is 4.93. The number of carbonyl (C=O) groups is 1. The SMILES string of the molecule is Cc1c(Cl)ccc2sc(N(CC3CCCO3)C(=O)c3ccc(S(=O)(=O)N4CCCc5ccccc54)cc3)nc12. The topological polar surface area (TPSA) is 79.8 Å². The van der Waals surface area contributed by atoms with Crippen molar-refractivity contribution >= 4 is 59.9 Å². The number of aryl methyl sites for hydroxylation is 2. The molecule has 0 saturated carbocycles. The van der Waals surface area contributed by atoms with Gasteiger partial charge in [-0.3, -0.25) is 14.0 Å². The van der Waals surface area contributed by atoms with Crippen molar-refractivity contribution < 1.29 is 17.9 Å². The molecule has 3 aromatic carbocycles. The molecule has 1 fully saturated rings. The molecule has 39 heavy (non-hydrogen) atoms. The van der Waals surface area contributed by atoms with Gasteiger partial charge in [-0.05, 0) is 86.2 Å². The first-order chi connectivity index (χ1) is 18.8. The molecule has 1 saturated heterocycles. The predicted molar refractivity (Wildman–Crippen MR) is 156 cm³/mol. The lowest BCUT2D eigenvalue weighted by Crippen LogP contribution is -2.37. The van der Waals surface area contributed by atoms with Crippen molar-refractivity contribution in [2.75, 3.05) is 28.9 Å². The zero-order chi connectivity index (χ0) is 27.1. The average Bonchev–Trinajstić information content (AvgIpc) is 3.63. The van der Waals surface area contributed by atoms with E-state index in [9.17, 15) is 13.2 Å². The van der Waals surface area contributed by atoms with Crippen LogP contribution in [0.2, 0.25) is 5.02 Å². The summed E-state index contributed by atoms with van der Waals surface area (Å²) in [4.78, 5) is 20.4. The number of nitrogens with zero attached hydrogens (tertiary/aromatic N) is 3. The second-order valence-electron chi connectivity index (χ2n) is 9.90. The highest BCUT2D eigenvalue weighted by Crippen LogP contribution is 2.35. The van der Waals surface area contributed by atoms with Crippen molar-refractivity contribution in [1.82, 2.24) is 4.98 Å². The molecule has 4 aromatic rings. The Morgan fingerprint density at radius 1 is 1.13 bits per heavy atom. The van der Waals surface area contributed by atoms with Crippen molar-refractivity contribution in [3.8, 4) is 0 Å². The van der Waals surface area contributed by atoms with Gasteiger partial charge >= 0.3 is 0 Å². The molecule has 7 nitrogen and oxygen atoms in total. The lowest BCUT2D eigenvalue weighted by Gasteiger charge is -2.30. The van der Waals surface area contributed by atoms with Gasteiger partial charge in [0.15, 0.2) is 5.13 Å². The number of hydrogen-bond donors (Lipinski definition) is 0. The van der Waals surface area contributed by atoms with Gasteiger partial charge in [0.1, 0.15) is 0 Å². The number of hydrogen-bond acceptors (Lipinski definition) is 6. The van der Waals surface area contributed by atoms with Gasteiger partial charge in [-0.2, -0.15) is 0 Å². The zero-order valence-corrected chi connectivity index (χ0v) is 23.9. The number of ether oxygens (including phenoxy) is 1. The number of fused-ring (bicyclic) bond motifs is 2. The Hall–Kier alpha value is -2.98. The molecular weight excluding hydrogens is 554 g/mol. The number of anilines is 2. The van der Waals surface area contributed by atoms with E-state index in [0.717, 1.165) is 52.7 Å². The van der Waals surface area contributed by atoms with Gasteiger partial charge in [-0.15, -0.1) is 0 Å². The number of aromatic nitrogens is 1. The lowest BCUT2D eigenvalue weighted by atomic mass is 10.0. The number of para-hydroxylation sites is 1. The first-order valence-electron chi connectivity index (χ1n) is 13.0. The normalized spacial score (nSPS) is 17.4. The van der Waals surface area contributed by atoms with Crippen LogP contribution >= 0.6 is 22.9 Å². The fourth-order valence-corrected chi connectivity index (χ4v) is 7.97. The van der Waals surface area contributed by atoms with Crippen LogP contribution in [0.1, 0.15) is 40.7 Å². The minimum atomic E-state index is -3.77. The molecule has 6 rings (SSSR count). The monoisotopic (exact) mass is 581 g/mol. The highest BCUT2D eigenvalue weighted by Gasteiger charge is 2.31. The molecule has 2 aliphatic rings. The summed E-state index contributed by atoms with van der Waals surface area (Å²) in [5, 5.41) is 1.20. The molecule has 3 heterocycles. The summed E-state index contributed by atoms with van der Waals surface area (Å²) in [6.07, 6.45) is 3.36. The molecule has 0 aliphatic carbocycles. The molecule has 1 unspecified atom stereocenters. The fourth-order valence-electron chi connectivity index (χ4n) is 5.25. The second kappa shape index (κ2) is 10.5. The van der Waals surface area contributed by atoms with Crippen LogP contribution in [0.25, 0.3) is 10.2 Å². The molecule has 2 aliphatic heterocycles. The maximum atomic E-state index is 13.8. The minimum absolute atomic E-state index is 0.0792. The summed E-state index contributed by atoms with van der Waals surface area (Å²) in [5.74, 6) is -0.249. The van der Waals surface area contributed by atoms with E-state index in [0.29, 0.717) is 35.4 Å². The van der Waals surface area contributed by atoms with E-state index in [1.54, 1.807) is 17.0 Å². The number of benzene rings is 3. The van der Waals surface area contributed by atoms with E-state index in [1.165, 1.54) is 27.8 Å². The summed E-state index contributed by atoms with van der Waals surface area (Å²) >= 11 is 7.75. The first kappa shape index (κ1) is 26.3. The Balaban J connectivity index is 1.31. The number of sulfonamides is 1. The molecule has 1 aromatic heterocycles. The van der Waals surface area contributed by atoms with Crippen LogP contribution in [0.15, 0.2) is 65.6 Å². The van der Waals surface area contributed by atoms with Gasteiger partial charge < -0.3 is 4.74 Å². The fraction of sp³-hybridized carbons (Fsp3) is 0.310.